The molecule has 0 aliphatic carbocycles. The van der Waals surface area contributed by atoms with E-state index >= 15 is 0 Å². The Hall–Kier alpha value is -3.44. The third-order valence-electron chi connectivity index (χ3n) is 6.70. The van der Waals surface area contributed by atoms with Crippen LogP contribution in [0.3, 0.4) is 0 Å². The molecule has 0 fully saturated rings. The number of fused-ring (bicyclic) bond motifs is 3. The Bertz CT molecular complexity index is 1870. The summed E-state index contributed by atoms with van der Waals surface area (Å²) in [5.74, 6) is -1.02. The summed E-state index contributed by atoms with van der Waals surface area (Å²) in [5, 5.41) is 2.87. The molecule has 6 heteroatoms. The predicted octanol–water partition coefficient (Wildman–Crippen LogP) is 9.11. The molecule has 0 atom stereocenters. The quantitative estimate of drug-likeness (QED) is 0.134. The number of nitrogens with zero attached hydrogens (tertiary/aromatic N) is 2. The summed E-state index contributed by atoms with van der Waals surface area (Å²) in [6, 6.07) is 27.0. The van der Waals surface area contributed by atoms with Gasteiger partial charge in [-0.3, -0.25) is 0 Å². The van der Waals surface area contributed by atoms with E-state index in [0.29, 0.717) is 22.4 Å². The monoisotopic (exact) mass is 741 g/mol. The van der Waals surface area contributed by atoms with Crippen LogP contribution in [0.5, 0.6) is 0 Å². The average molecular weight is 741 g/mol. The maximum absolute atomic E-state index is 13.6. The zero-order chi connectivity index (χ0) is 31.9. The molecule has 211 valence electrons. The van der Waals surface area contributed by atoms with Crippen molar-refractivity contribution in [2.24, 2.45) is 0 Å². The van der Waals surface area contributed by atoms with Gasteiger partial charge in [-0.2, -0.15) is 0 Å². The number of pyridine rings is 2. The van der Waals surface area contributed by atoms with Crippen LogP contribution >= 0.6 is 0 Å². The van der Waals surface area contributed by atoms with Crippen LogP contribution in [-0.2, 0) is 20.1 Å². The van der Waals surface area contributed by atoms with Crippen LogP contribution in [0, 0.1) is 24.8 Å². The van der Waals surface area contributed by atoms with Gasteiger partial charge >= 0.3 is 0 Å². The van der Waals surface area contributed by atoms with E-state index in [1.54, 1.807) is 30.5 Å². The van der Waals surface area contributed by atoms with Crippen molar-refractivity contribution >= 4 is 35.2 Å². The van der Waals surface area contributed by atoms with Crippen LogP contribution in [0.15, 0.2) is 89.6 Å². The molecular weight excluding hydrogens is 704 g/mol. The van der Waals surface area contributed by atoms with Crippen molar-refractivity contribution in [2.75, 3.05) is 0 Å². The molecule has 1 radical (unpaired) electrons. The Balaban J connectivity index is 0.000000204. The van der Waals surface area contributed by atoms with Gasteiger partial charge in [0.25, 0.3) is 0 Å². The van der Waals surface area contributed by atoms with Crippen LogP contribution in [0.25, 0.3) is 44.5 Å². The Labute approximate surface area is 261 Å². The van der Waals surface area contributed by atoms with Crippen LogP contribution < -0.4 is 5.19 Å². The standard InChI is InChI=1S/C20H15FNO.C15H18NSi.Ir/c1-12(2)13-8-9-22-18(10-13)16-5-3-4-15-17-11-14(21)6-7-19(17)23-20(15)16;1-12-5-7-13(8-6-12)15-10-9-14(11-16-15)17(2,3)4;/h3-4,6-12H,1-2H3;5-7,9-11H,1-4H3;/q2*-1;/i12D;1D3;. The first-order valence-corrected chi connectivity index (χ1v) is 16.6. The van der Waals surface area contributed by atoms with Gasteiger partial charge in [-0.25, -0.2) is 4.39 Å². The minimum Gasteiger partial charge on any atom is -0.501 e. The van der Waals surface area contributed by atoms with Crippen molar-refractivity contribution in [3.63, 3.8) is 0 Å². The van der Waals surface area contributed by atoms with E-state index in [2.05, 4.69) is 47.8 Å². The second-order valence-electron chi connectivity index (χ2n) is 10.9. The number of rotatable bonds is 4. The zero-order valence-electron chi connectivity index (χ0n) is 27.6. The predicted molar refractivity (Wildman–Crippen MR) is 166 cm³/mol. The first-order chi connectivity index (χ1) is 20.6. The molecule has 0 bridgehead atoms. The van der Waals surface area contributed by atoms with Gasteiger partial charge in [0.1, 0.15) is 11.4 Å². The molecule has 0 aliphatic heterocycles. The number of aromatic nitrogens is 2. The molecule has 6 rings (SSSR count). The molecule has 0 aliphatic rings. The van der Waals surface area contributed by atoms with E-state index in [4.69, 9.17) is 9.90 Å². The zero-order valence-corrected chi connectivity index (χ0v) is 27.0. The van der Waals surface area contributed by atoms with Crippen molar-refractivity contribution in [3.8, 4) is 22.5 Å². The van der Waals surface area contributed by atoms with E-state index < -0.39 is 20.8 Å². The van der Waals surface area contributed by atoms with Crippen LogP contribution in [0.1, 0.15) is 36.4 Å². The topological polar surface area (TPSA) is 38.9 Å². The summed E-state index contributed by atoms with van der Waals surface area (Å²) in [7, 11) is -1.34. The minimum atomic E-state index is -2.08. The molecule has 41 heavy (non-hydrogen) atoms. The number of hydrogen-bond acceptors (Lipinski definition) is 3. The van der Waals surface area contributed by atoms with Gasteiger partial charge in [-0.05, 0) is 46.7 Å². The van der Waals surface area contributed by atoms with Gasteiger partial charge < -0.3 is 14.4 Å². The van der Waals surface area contributed by atoms with Crippen molar-refractivity contribution in [3.05, 3.63) is 114 Å². The summed E-state index contributed by atoms with van der Waals surface area (Å²) in [6.45, 7) is 8.42. The maximum atomic E-state index is 13.6. The van der Waals surface area contributed by atoms with Crippen molar-refractivity contribution in [1.29, 1.82) is 0 Å². The van der Waals surface area contributed by atoms with Gasteiger partial charge in [0.15, 0.2) is 0 Å². The normalized spacial score (nSPS) is 13.3. The Kier molecular flexibility index (Phi) is 7.77. The van der Waals surface area contributed by atoms with Crippen LogP contribution in [-0.4, -0.2) is 18.0 Å². The molecule has 0 N–H and O–H groups in total. The number of aryl methyl sites for hydroxylation is 1. The SMILES string of the molecule is [2H]C(C)(C)c1ccnc(-c2[c-]ccc3c2oc2ccc(F)cc23)c1.[2H]C([2H])([2H])c1c[c-]c(-c2ccc([Si](C)(C)C)cn2)cc1.[Ir]. The van der Waals surface area contributed by atoms with E-state index in [-0.39, 0.29) is 25.9 Å². The average Bonchev–Trinajstić information content (AvgIpc) is 3.34. The Morgan fingerprint density at radius 2 is 1.76 bits per heavy atom. The molecule has 0 saturated carbocycles. The molecule has 0 saturated heterocycles. The third kappa shape index (κ3) is 6.90. The smallest absolute Gasteiger partial charge is 0.124 e. The summed E-state index contributed by atoms with van der Waals surface area (Å²) < 4.78 is 49.7. The fraction of sp³-hybridized carbons (Fsp3) is 0.200. The number of benzene rings is 3. The molecule has 0 unspecified atom stereocenters. The first-order valence-electron chi connectivity index (χ1n) is 15.1. The van der Waals surface area contributed by atoms with Crippen molar-refractivity contribution in [1.82, 2.24) is 9.97 Å². The molecule has 3 aromatic carbocycles. The van der Waals surface area contributed by atoms with Gasteiger partial charge in [-0.1, -0.05) is 75.1 Å². The largest absolute Gasteiger partial charge is 0.501 e. The molecule has 0 spiro atoms. The Morgan fingerprint density at radius 1 is 0.927 bits per heavy atom. The summed E-state index contributed by atoms with van der Waals surface area (Å²) in [6.07, 6.45) is 3.61. The third-order valence-corrected chi connectivity index (χ3v) is 8.73. The molecule has 6 aromatic rings. The fourth-order valence-electron chi connectivity index (χ4n) is 4.36. The minimum absolute atomic E-state index is 0. The molecule has 3 heterocycles. The van der Waals surface area contributed by atoms with E-state index in [9.17, 15) is 4.39 Å². The van der Waals surface area contributed by atoms with Gasteiger partial charge in [0.2, 0.25) is 0 Å². The maximum Gasteiger partial charge on any atom is 0.124 e. The van der Waals surface area contributed by atoms with Crippen LogP contribution in [0.4, 0.5) is 4.39 Å². The van der Waals surface area contributed by atoms with Gasteiger partial charge in [-0.15, -0.1) is 53.6 Å². The van der Waals surface area contributed by atoms with E-state index in [0.717, 1.165) is 33.2 Å². The van der Waals surface area contributed by atoms with Gasteiger partial charge in [0, 0.05) is 43.4 Å². The molecule has 0 amide bonds. The Morgan fingerprint density at radius 3 is 2.41 bits per heavy atom. The fourth-order valence-corrected chi connectivity index (χ4v) is 5.40. The first kappa shape index (κ1) is 25.3. The van der Waals surface area contributed by atoms with Gasteiger partial charge in [0.05, 0.1) is 13.7 Å². The molecular formula is C35H33FIrN2OSi-2. The summed E-state index contributed by atoms with van der Waals surface area (Å²) in [4.78, 5) is 8.88. The molecule has 3 nitrogen and oxygen atoms in total. The molecule has 3 aromatic heterocycles. The number of hydrogen-bond donors (Lipinski definition) is 0. The second-order valence-corrected chi connectivity index (χ2v) is 16.0. The van der Waals surface area contributed by atoms with E-state index in [1.807, 2.05) is 44.3 Å². The van der Waals surface area contributed by atoms with E-state index in [1.165, 1.54) is 23.4 Å². The number of halogens is 1. The summed E-state index contributed by atoms with van der Waals surface area (Å²) >= 11 is 0. The number of furan rings is 1. The van der Waals surface area contributed by atoms with Crippen molar-refractivity contribution < 1.29 is 34.4 Å². The summed E-state index contributed by atoms with van der Waals surface area (Å²) in [5.41, 5.74) is 5.48. The van der Waals surface area contributed by atoms with Crippen LogP contribution in [0.2, 0.25) is 19.6 Å². The van der Waals surface area contributed by atoms with Crippen molar-refractivity contribution in [2.45, 2.75) is 46.2 Å². The second kappa shape index (κ2) is 12.6.